The minimum absolute atomic E-state index is 1.00. The maximum absolute atomic E-state index is 4.71. The van der Waals surface area contributed by atoms with Crippen LogP contribution in [-0.2, 0) is 0 Å². The zero-order valence-corrected chi connectivity index (χ0v) is 14.9. The van der Waals surface area contributed by atoms with E-state index in [-0.39, 0.29) is 0 Å². The molecule has 1 fully saturated rings. The molecule has 0 radical (unpaired) electrons. The van der Waals surface area contributed by atoms with Crippen LogP contribution in [0.4, 0.5) is 0 Å². The lowest BCUT2D eigenvalue weighted by Crippen LogP contribution is -2.09. The monoisotopic (exact) mass is 375 g/mol. The van der Waals surface area contributed by atoms with E-state index in [0.717, 1.165) is 33.7 Å². The molecule has 0 aliphatic carbocycles. The lowest BCUT2D eigenvalue weighted by molar-refractivity contribution is 0.468. The predicted molar refractivity (Wildman–Crippen MR) is 99.7 cm³/mol. The molecule has 1 saturated heterocycles. The summed E-state index contributed by atoms with van der Waals surface area (Å²) < 4.78 is 2.27. The summed E-state index contributed by atoms with van der Waals surface area (Å²) in [6.45, 7) is 2.33. The third-order valence-electron chi connectivity index (χ3n) is 3.58. The Morgan fingerprint density at radius 2 is 2.18 bits per heavy atom. The molecule has 1 aliphatic rings. The number of benzene rings is 1. The van der Waals surface area contributed by atoms with Crippen molar-refractivity contribution in [1.82, 2.24) is 9.88 Å². The molecule has 1 aliphatic heterocycles. The molecule has 0 spiro atoms. The summed E-state index contributed by atoms with van der Waals surface area (Å²) >= 11 is 5.20. The molecule has 2 aromatic rings. The second-order valence-electron chi connectivity index (χ2n) is 5.22. The highest BCUT2D eigenvalue weighted by Gasteiger charge is 2.08. The van der Waals surface area contributed by atoms with E-state index in [4.69, 9.17) is 4.98 Å². The van der Waals surface area contributed by atoms with Gasteiger partial charge >= 0.3 is 0 Å². The van der Waals surface area contributed by atoms with Crippen LogP contribution in [0.3, 0.4) is 0 Å². The first-order valence-electron chi connectivity index (χ1n) is 7.37. The van der Waals surface area contributed by atoms with Crippen molar-refractivity contribution in [3.05, 3.63) is 46.0 Å². The van der Waals surface area contributed by atoms with Gasteiger partial charge in [-0.25, -0.2) is 4.98 Å². The zero-order chi connectivity index (χ0) is 15.4. The summed E-state index contributed by atoms with van der Waals surface area (Å²) in [7, 11) is 1.79. The molecule has 1 aromatic heterocycles. The van der Waals surface area contributed by atoms with Crippen molar-refractivity contribution in [3.63, 3.8) is 0 Å². The summed E-state index contributed by atoms with van der Waals surface area (Å²) in [5.41, 5.74) is 2.08. The van der Waals surface area contributed by atoms with Crippen molar-refractivity contribution in [3.8, 4) is 0 Å². The summed E-state index contributed by atoms with van der Waals surface area (Å²) in [5, 5.41) is 1.00. The average molecular weight is 376 g/mol. The van der Waals surface area contributed by atoms with Crippen LogP contribution in [0.2, 0.25) is 0 Å². The van der Waals surface area contributed by atoms with Crippen molar-refractivity contribution in [2.24, 2.45) is 4.99 Å². The van der Waals surface area contributed by atoms with Crippen LogP contribution in [0.5, 0.6) is 0 Å². The van der Waals surface area contributed by atoms with Gasteiger partial charge < -0.3 is 4.90 Å². The summed E-state index contributed by atoms with van der Waals surface area (Å²) in [6.07, 6.45) is 10.8. The number of hydrogen-bond acceptors (Lipinski definition) is 4. The highest BCUT2D eigenvalue weighted by molar-refractivity contribution is 9.10. The van der Waals surface area contributed by atoms with E-state index in [2.05, 4.69) is 50.2 Å². The molecular weight excluding hydrogens is 358 g/mol. The van der Waals surface area contributed by atoms with E-state index in [0.29, 0.717) is 0 Å². The first-order valence-corrected chi connectivity index (χ1v) is 8.98. The van der Waals surface area contributed by atoms with Crippen molar-refractivity contribution in [2.75, 3.05) is 20.1 Å². The van der Waals surface area contributed by atoms with Gasteiger partial charge in [-0.3, -0.25) is 4.99 Å². The van der Waals surface area contributed by atoms with E-state index in [1.54, 1.807) is 18.4 Å². The number of aliphatic imine (C=N–C) groups is 1. The van der Waals surface area contributed by atoms with E-state index in [1.165, 1.54) is 17.5 Å². The lowest BCUT2D eigenvalue weighted by Gasteiger charge is -2.09. The van der Waals surface area contributed by atoms with Gasteiger partial charge in [0.2, 0.25) is 0 Å². The maximum Gasteiger partial charge on any atom is 0.126 e. The maximum atomic E-state index is 4.71. The molecule has 0 amide bonds. The van der Waals surface area contributed by atoms with E-state index in [9.17, 15) is 0 Å². The van der Waals surface area contributed by atoms with Crippen LogP contribution in [0.1, 0.15) is 17.8 Å². The molecule has 3 nitrogen and oxygen atoms in total. The highest BCUT2D eigenvalue weighted by atomic mass is 79.9. The van der Waals surface area contributed by atoms with Crippen LogP contribution >= 0.6 is 27.3 Å². The van der Waals surface area contributed by atoms with Crippen LogP contribution < -0.4 is 0 Å². The summed E-state index contributed by atoms with van der Waals surface area (Å²) in [6, 6.07) is 6.17. The van der Waals surface area contributed by atoms with E-state index < -0.39 is 0 Å². The molecule has 1 aromatic carbocycles. The van der Waals surface area contributed by atoms with Crippen molar-refractivity contribution < 1.29 is 0 Å². The molecule has 0 saturated carbocycles. The molecule has 22 heavy (non-hydrogen) atoms. The van der Waals surface area contributed by atoms with Gasteiger partial charge in [-0.15, -0.1) is 11.3 Å². The number of rotatable bonds is 4. The summed E-state index contributed by atoms with van der Waals surface area (Å²) in [4.78, 5) is 11.2. The minimum atomic E-state index is 1.00. The first-order chi connectivity index (χ1) is 10.8. The highest BCUT2D eigenvalue weighted by Crippen LogP contribution is 2.28. The van der Waals surface area contributed by atoms with Crippen molar-refractivity contribution in [2.45, 2.75) is 12.8 Å². The normalized spacial score (nSPS) is 16.6. The molecule has 3 rings (SSSR count). The molecule has 0 bridgehead atoms. The standard InChI is InChI=1S/C17H18BrN3S/c1-19-12-13(5-4-10-21-8-2-3-9-21)17-20-15-7-6-14(18)11-16(15)22-17/h4-7,10-12H,2-3,8-9H2,1H3/b10-4+,13-5+,19-12?. The van der Waals surface area contributed by atoms with Gasteiger partial charge in [0, 0.05) is 36.4 Å². The van der Waals surface area contributed by atoms with Crippen LogP contribution in [0.25, 0.3) is 15.8 Å². The topological polar surface area (TPSA) is 28.5 Å². The van der Waals surface area contributed by atoms with Crippen LogP contribution in [-0.4, -0.2) is 36.2 Å². The molecule has 0 N–H and O–H groups in total. The van der Waals surface area contributed by atoms with Gasteiger partial charge in [-0.1, -0.05) is 15.9 Å². The second-order valence-corrected chi connectivity index (χ2v) is 7.17. The van der Waals surface area contributed by atoms with E-state index in [1.807, 2.05) is 18.3 Å². The Hall–Kier alpha value is -1.46. The number of halogens is 1. The van der Waals surface area contributed by atoms with Gasteiger partial charge in [-0.05, 0) is 49.4 Å². The van der Waals surface area contributed by atoms with Crippen LogP contribution in [0, 0.1) is 0 Å². The minimum Gasteiger partial charge on any atom is -0.377 e. The first kappa shape index (κ1) is 15.4. The van der Waals surface area contributed by atoms with Gasteiger partial charge in [0.25, 0.3) is 0 Å². The Labute approximate surface area is 143 Å². The molecule has 114 valence electrons. The number of nitrogens with zero attached hydrogens (tertiary/aromatic N) is 3. The van der Waals surface area contributed by atoms with Gasteiger partial charge in [0.15, 0.2) is 0 Å². The smallest absolute Gasteiger partial charge is 0.126 e. The fraction of sp³-hybridized carbons (Fsp3) is 0.294. The molecule has 0 unspecified atom stereocenters. The van der Waals surface area contributed by atoms with Crippen molar-refractivity contribution >= 4 is 49.3 Å². The number of hydrogen-bond donors (Lipinski definition) is 0. The summed E-state index contributed by atoms with van der Waals surface area (Å²) in [5.74, 6) is 0. The van der Waals surface area contributed by atoms with Gasteiger partial charge in [0.05, 0.1) is 10.2 Å². The molecule has 0 atom stereocenters. The van der Waals surface area contributed by atoms with Crippen molar-refractivity contribution in [1.29, 1.82) is 0 Å². The Bertz CT molecular complexity index is 739. The van der Waals surface area contributed by atoms with Gasteiger partial charge in [0.1, 0.15) is 5.01 Å². The average Bonchev–Trinajstić information content (AvgIpc) is 3.14. The third-order valence-corrected chi connectivity index (χ3v) is 5.14. The number of aromatic nitrogens is 1. The molecule has 5 heteroatoms. The SMILES string of the molecule is CN=C/C(=C\C=C\N1CCCC1)c1nc2ccc(Br)cc2s1. The Kier molecular flexibility index (Phi) is 5.05. The van der Waals surface area contributed by atoms with Crippen LogP contribution in [0.15, 0.2) is 46.0 Å². The number of likely N-dealkylation sites (tertiary alicyclic amines) is 1. The fourth-order valence-corrected chi connectivity index (χ4v) is 4.00. The van der Waals surface area contributed by atoms with E-state index >= 15 is 0 Å². The second kappa shape index (κ2) is 7.20. The van der Waals surface area contributed by atoms with Gasteiger partial charge in [-0.2, -0.15) is 0 Å². The molecular formula is C17H18BrN3S. The third kappa shape index (κ3) is 3.65. The Balaban J connectivity index is 1.88. The molecule has 2 heterocycles. The Morgan fingerprint density at radius 3 is 2.95 bits per heavy atom. The number of fused-ring (bicyclic) bond motifs is 1. The quantitative estimate of drug-likeness (QED) is 0.569. The largest absolute Gasteiger partial charge is 0.377 e. The zero-order valence-electron chi connectivity index (χ0n) is 12.5. The Morgan fingerprint density at radius 1 is 1.36 bits per heavy atom. The predicted octanol–water partition coefficient (Wildman–Crippen LogP) is 4.75. The fourth-order valence-electron chi connectivity index (χ4n) is 2.49. The number of allylic oxidation sites excluding steroid dienone is 3. The lowest BCUT2D eigenvalue weighted by atomic mass is 10.2. The number of thiazole rings is 1.